The summed E-state index contributed by atoms with van der Waals surface area (Å²) in [5.41, 5.74) is 11.9. The summed E-state index contributed by atoms with van der Waals surface area (Å²) in [6.45, 7) is 5.16. The Balaban J connectivity index is 1.51. The molecule has 1 atom stereocenters. The highest BCUT2D eigenvalue weighted by molar-refractivity contribution is 7.20. The van der Waals surface area contributed by atoms with Crippen LogP contribution in [0.15, 0.2) is 35.0 Å². The molecular formula is C22H29N5O2S. The summed E-state index contributed by atoms with van der Waals surface area (Å²) in [6, 6.07) is 5.21. The molecular weight excluding hydrogens is 398 g/mol. The van der Waals surface area contributed by atoms with Crippen LogP contribution < -0.4 is 16.5 Å². The second-order valence-corrected chi connectivity index (χ2v) is 9.14. The van der Waals surface area contributed by atoms with Gasteiger partial charge in [-0.15, -0.1) is 11.3 Å². The van der Waals surface area contributed by atoms with Gasteiger partial charge in [-0.3, -0.25) is 5.01 Å². The Kier molecular flexibility index (Phi) is 6.36. The number of fused-ring (bicyclic) bond motifs is 1. The molecule has 5 N–H and O–H groups in total. The Morgan fingerprint density at radius 1 is 1.40 bits per heavy atom. The van der Waals surface area contributed by atoms with Crippen LogP contribution in [-0.2, 0) is 0 Å². The number of anilines is 1. The van der Waals surface area contributed by atoms with Gasteiger partial charge in [0.2, 0.25) is 0 Å². The molecule has 1 unspecified atom stereocenters. The number of carboxylic acids is 1. The van der Waals surface area contributed by atoms with Crippen molar-refractivity contribution in [3.63, 3.8) is 0 Å². The number of carboxylic acid groups (broad SMARTS) is 1. The zero-order valence-corrected chi connectivity index (χ0v) is 18.0. The van der Waals surface area contributed by atoms with Gasteiger partial charge >= 0.3 is 5.97 Å². The summed E-state index contributed by atoms with van der Waals surface area (Å²) in [5, 5.41) is 15.6. The SMILES string of the molecule is CC1=CN=CN(NCCCC2CCNCC2)C1c1sc2cccc(C(=O)O)c2c1N. The molecule has 1 saturated heterocycles. The Morgan fingerprint density at radius 3 is 2.97 bits per heavy atom. The van der Waals surface area contributed by atoms with E-state index >= 15 is 0 Å². The van der Waals surface area contributed by atoms with Gasteiger partial charge in [-0.25, -0.2) is 15.2 Å². The molecule has 30 heavy (non-hydrogen) atoms. The normalized spacial score (nSPS) is 20.0. The van der Waals surface area contributed by atoms with Crippen molar-refractivity contribution in [2.24, 2.45) is 10.9 Å². The minimum atomic E-state index is -0.956. The highest BCUT2D eigenvalue weighted by Crippen LogP contribution is 2.43. The summed E-state index contributed by atoms with van der Waals surface area (Å²) >= 11 is 1.55. The lowest BCUT2D eigenvalue weighted by atomic mass is 9.93. The van der Waals surface area contributed by atoms with Crippen molar-refractivity contribution in [1.82, 2.24) is 15.8 Å². The van der Waals surface area contributed by atoms with Crippen molar-refractivity contribution in [3.05, 3.63) is 40.4 Å². The summed E-state index contributed by atoms with van der Waals surface area (Å²) in [4.78, 5) is 17.0. The highest BCUT2D eigenvalue weighted by atomic mass is 32.1. The molecule has 4 rings (SSSR count). The number of hydrogen-bond acceptors (Lipinski definition) is 7. The monoisotopic (exact) mass is 427 g/mol. The van der Waals surface area contributed by atoms with Crippen LogP contribution in [0.1, 0.15) is 53.9 Å². The van der Waals surface area contributed by atoms with Crippen LogP contribution in [-0.4, -0.2) is 42.1 Å². The van der Waals surface area contributed by atoms with Crippen molar-refractivity contribution in [2.75, 3.05) is 25.4 Å². The number of rotatable bonds is 7. The fraction of sp³-hybridized carbons (Fsp3) is 0.455. The fourth-order valence-corrected chi connectivity index (χ4v) is 5.71. The third kappa shape index (κ3) is 4.21. The Morgan fingerprint density at radius 2 is 2.20 bits per heavy atom. The van der Waals surface area contributed by atoms with Crippen molar-refractivity contribution in [2.45, 2.75) is 38.6 Å². The van der Waals surface area contributed by atoms with Crippen LogP contribution >= 0.6 is 11.3 Å². The number of nitrogen functional groups attached to an aromatic ring is 1. The van der Waals surface area contributed by atoms with E-state index in [1.165, 1.54) is 19.3 Å². The number of aliphatic imine (C=N–C) groups is 1. The van der Waals surface area contributed by atoms with E-state index in [9.17, 15) is 9.90 Å². The lowest BCUT2D eigenvalue weighted by Gasteiger charge is -2.33. The van der Waals surface area contributed by atoms with Gasteiger partial charge in [-0.1, -0.05) is 6.07 Å². The molecule has 2 aliphatic rings. The maximum Gasteiger partial charge on any atom is 0.336 e. The molecule has 7 nitrogen and oxygen atoms in total. The van der Waals surface area contributed by atoms with Crippen molar-refractivity contribution in [3.8, 4) is 0 Å². The van der Waals surface area contributed by atoms with E-state index in [4.69, 9.17) is 5.73 Å². The standard InChI is InChI=1S/C22H29N5O2S/c1-14-12-25-13-27(26-9-3-4-15-7-10-24-11-8-15)20(14)21-19(23)18-16(22(28)29)5-2-6-17(18)30-21/h2,5-6,12-13,15,20,24,26H,3-4,7-11,23H2,1H3,(H,28,29). The molecule has 0 amide bonds. The lowest BCUT2D eigenvalue weighted by Crippen LogP contribution is -2.42. The number of thiophene rings is 1. The maximum atomic E-state index is 11.7. The van der Waals surface area contributed by atoms with E-state index in [1.807, 2.05) is 24.2 Å². The first kappa shape index (κ1) is 20.8. The zero-order valence-electron chi connectivity index (χ0n) is 17.2. The molecule has 160 valence electrons. The predicted octanol–water partition coefficient (Wildman–Crippen LogP) is 3.75. The van der Waals surface area contributed by atoms with E-state index < -0.39 is 5.97 Å². The molecule has 0 spiro atoms. The molecule has 1 aromatic heterocycles. The van der Waals surface area contributed by atoms with Crippen LogP contribution in [0.2, 0.25) is 0 Å². The van der Waals surface area contributed by atoms with E-state index in [2.05, 4.69) is 15.7 Å². The number of piperidine rings is 1. The molecule has 0 radical (unpaired) electrons. The summed E-state index contributed by atoms with van der Waals surface area (Å²) < 4.78 is 0.892. The van der Waals surface area contributed by atoms with E-state index in [0.717, 1.165) is 47.1 Å². The number of nitrogens with zero attached hydrogens (tertiary/aromatic N) is 2. The molecule has 0 saturated carbocycles. The second-order valence-electron chi connectivity index (χ2n) is 8.06. The van der Waals surface area contributed by atoms with Gasteiger partial charge in [0.1, 0.15) is 12.4 Å². The lowest BCUT2D eigenvalue weighted by molar-refractivity contribution is 0.0699. The molecule has 1 fully saturated rings. The number of carbonyl (C=O) groups is 1. The number of hydrogen-bond donors (Lipinski definition) is 4. The maximum absolute atomic E-state index is 11.7. The molecule has 2 aliphatic heterocycles. The first-order chi connectivity index (χ1) is 14.6. The minimum absolute atomic E-state index is 0.0968. The minimum Gasteiger partial charge on any atom is -0.478 e. The molecule has 0 bridgehead atoms. The Labute approximate surface area is 180 Å². The van der Waals surface area contributed by atoms with Crippen molar-refractivity contribution in [1.29, 1.82) is 0 Å². The molecule has 8 heteroatoms. The van der Waals surface area contributed by atoms with Crippen molar-refractivity contribution < 1.29 is 9.90 Å². The van der Waals surface area contributed by atoms with Crippen LogP contribution in [0.3, 0.4) is 0 Å². The van der Waals surface area contributed by atoms with Gasteiger partial charge in [-0.05, 0) is 69.3 Å². The smallest absolute Gasteiger partial charge is 0.336 e. The topological polar surface area (TPSA) is 103 Å². The number of nitrogens with two attached hydrogens (primary N) is 1. The number of benzene rings is 1. The van der Waals surface area contributed by atoms with Gasteiger partial charge in [0, 0.05) is 22.8 Å². The van der Waals surface area contributed by atoms with E-state index in [-0.39, 0.29) is 11.6 Å². The van der Waals surface area contributed by atoms with E-state index in [0.29, 0.717) is 11.1 Å². The number of hydrazine groups is 1. The molecule has 0 aliphatic carbocycles. The second kappa shape index (κ2) is 9.16. The van der Waals surface area contributed by atoms with Gasteiger partial charge in [-0.2, -0.15) is 0 Å². The van der Waals surface area contributed by atoms with Crippen LogP contribution in [0, 0.1) is 5.92 Å². The largest absolute Gasteiger partial charge is 0.478 e. The van der Waals surface area contributed by atoms with Crippen LogP contribution in [0.5, 0.6) is 0 Å². The number of nitrogens with one attached hydrogen (secondary N) is 2. The van der Waals surface area contributed by atoms with Gasteiger partial charge in [0.15, 0.2) is 0 Å². The summed E-state index contributed by atoms with van der Waals surface area (Å²) in [7, 11) is 0. The molecule has 1 aromatic carbocycles. The molecule has 3 heterocycles. The van der Waals surface area contributed by atoms with Crippen molar-refractivity contribution >= 4 is 39.4 Å². The third-order valence-corrected chi connectivity index (χ3v) is 7.20. The first-order valence-corrected chi connectivity index (χ1v) is 11.3. The van der Waals surface area contributed by atoms with Gasteiger partial charge in [0.05, 0.1) is 16.1 Å². The third-order valence-electron chi connectivity index (χ3n) is 5.98. The quantitative estimate of drug-likeness (QED) is 0.502. The first-order valence-electron chi connectivity index (χ1n) is 10.5. The highest BCUT2D eigenvalue weighted by Gasteiger charge is 2.28. The predicted molar refractivity (Wildman–Crippen MR) is 123 cm³/mol. The average molecular weight is 428 g/mol. The van der Waals surface area contributed by atoms with Gasteiger partial charge < -0.3 is 16.2 Å². The Bertz CT molecular complexity index is 977. The van der Waals surface area contributed by atoms with E-state index in [1.54, 1.807) is 29.8 Å². The van der Waals surface area contributed by atoms with Crippen LogP contribution in [0.4, 0.5) is 5.69 Å². The summed E-state index contributed by atoms with van der Waals surface area (Å²) in [5.74, 6) is -0.143. The van der Waals surface area contributed by atoms with Crippen LogP contribution in [0.25, 0.3) is 10.1 Å². The van der Waals surface area contributed by atoms with Gasteiger partial charge in [0.25, 0.3) is 0 Å². The molecule has 2 aromatic rings. The zero-order chi connectivity index (χ0) is 21.1. The number of aromatic carboxylic acids is 1. The average Bonchev–Trinajstić information content (AvgIpc) is 3.08. The fourth-order valence-electron chi connectivity index (χ4n) is 4.39. The Hall–Kier alpha value is -2.42. The summed E-state index contributed by atoms with van der Waals surface area (Å²) in [6.07, 6.45) is 8.51.